The summed E-state index contributed by atoms with van der Waals surface area (Å²) < 4.78 is 13.3. The highest BCUT2D eigenvalue weighted by Gasteiger charge is 2.45. The Morgan fingerprint density at radius 2 is 1.81 bits per heavy atom. The van der Waals surface area contributed by atoms with Gasteiger partial charge in [0.15, 0.2) is 11.5 Å². The maximum atomic E-state index is 14.0. The number of β-amino-alcohol motifs (C(OH)–C–C–N with tert-alkyl or cyclic N) is 1. The van der Waals surface area contributed by atoms with Gasteiger partial charge in [-0.15, -0.1) is 11.3 Å². The van der Waals surface area contributed by atoms with Crippen molar-refractivity contribution in [3.8, 4) is 27.9 Å². The topological polar surface area (TPSA) is 242 Å². The van der Waals surface area contributed by atoms with E-state index in [9.17, 15) is 29.5 Å². The molecular formula is C52H64N12O7S. The third-order valence-electron chi connectivity index (χ3n) is 13.6. The number of ether oxygens (including phenoxy) is 2. The van der Waals surface area contributed by atoms with E-state index >= 15 is 0 Å². The summed E-state index contributed by atoms with van der Waals surface area (Å²) in [6, 6.07) is 13.6. The number of imidazole rings is 1. The number of aliphatic hydroxyl groups excluding tert-OH is 1. The van der Waals surface area contributed by atoms with Gasteiger partial charge in [-0.3, -0.25) is 23.7 Å². The Balaban J connectivity index is 0.786. The van der Waals surface area contributed by atoms with Crippen molar-refractivity contribution >= 4 is 52.4 Å². The number of anilines is 3. The zero-order chi connectivity index (χ0) is 51.1. The predicted molar refractivity (Wildman–Crippen MR) is 272 cm³/mol. The molecule has 0 radical (unpaired) electrons. The number of aliphatic hydroxyl groups is 1. The van der Waals surface area contributed by atoms with Gasteiger partial charge < -0.3 is 45.6 Å². The molecule has 1 saturated heterocycles. The minimum absolute atomic E-state index is 0.0301. The van der Waals surface area contributed by atoms with Gasteiger partial charge in [-0.1, -0.05) is 64.8 Å². The molecule has 1 aliphatic carbocycles. The van der Waals surface area contributed by atoms with E-state index in [-0.39, 0.29) is 56.6 Å². The number of benzene rings is 2. The standard InChI is InChI=1S/C52H64N12O7S/c1-7-39-44-38(24-53)57-29-63(44)41-26-56-51(61-47(41)64(39)35-12-8-9-13-35)59-37-19-18-34(22-42(37)70-6)48(67)54-20-10-11-21-71-28-43(66)60-46(52(3,4)5)50(69)62-27-36(65)23-40(62)49(68)55-25-32-14-16-33(17-15-32)45-31(2)58-30-72-45/h14-19,22,26,29-30,35-36,39-40,46,65H,7-13,20-21,23,25,27-28H2,1-6H3,(H,54,67)(H,55,68)(H,60,66)(H,56,59,61)/t36-,39-,40+,46-/m1/s1. The molecule has 3 aliphatic rings. The zero-order valence-electron chi connectivity index (χ0n) is 41.7. The Labute approximate surface area is 423 Å². The second-order valence-electron chi connectivity index (χ2n) is 19.6. The lowest BCUT2D eigenvalue weighted by molar-refractivity contribution is -0.144. The van der Waals surface area contributed by atoms with E-state index in [0.29, 0.717) is 48.0 Å². The van der Waals surface area contributed by atoms with Gasteiger partial charge in [0, 0.05) is 44.3 Å². The second-order valence-corrected chi connectivity index (χ2v) is 20.5. The lowest BCUT2D eigenvalue weighted by Gasteiger charge is -2.41. The summed E-state index contributed by atoms with van der Waals surface area (Å²) in [6.45, 7) is 10.1. The van der Waals surface area contributed by atoms with Crippen LogP contribution in [0, 0.1) is 23.7 Å². The van der Waals surface area contributed by atoms with Crippen molar-refractivity contribution in [2.75, 3.05) is 43.6 Å². The molecule has 2 fully saturated rings. The molecule has 2 aromatic carbocycles. The number of likely N-dealkylation sites (tertiary alicyclic amines) is 1. The minimum Gasteiger partial charge on any atom is -0.495 e. The number of nitriles is 1. The molecule has 4 atom stereocenters. The number of rotatable bonds is 19. The number of carbonyl (C=O) groups is 4. The van der Waals surface area contributed by atoms with Gasteiger partial charge in [0.05, 0.1) is 52.9 Å². The van der Waals surface area contributed by atoms with Crippen molar-refractivity contribution < 1.29 is 33.8 Å². The third kappa shape index (κ3) is 11.4. The number of nitrogens with one attached hydrogen (secondary N) is 4. The quantitative estimate of drug-likeness (QED) is 0.0574. The summed E-state index contributed by atoms with van der Waals surface area (Å²) >= 11 is 1.57. The van der Waals surface area contributed by atoms with Gasteiger partial charge in [0.25, 0.3) is 5.91 Å². The Hall–Kier alpha value is -6.95. The fraction of sp³-hybridized carbons (Fsp3) is 0.481. The molecule has 3 aromatic heterocycles. The first-order valence-corrected chi connectivity index (χ1v) is 25.6. The molecule has 0 spiro atoms. The molecule has 5 N–H and O–H groups in total. The molecule has 19 nitrogen and oxygen atoms in total. The van der Waals surface area contributed by atoms with Crippen LogP contribution in [0.5, 0.6) is 5.75 Å². The first kappa shape index (κ1) is 51.4. The van der Waals surface area contributed by atoms with E-state index in [2.05, 4.69) is 54.1 Å². The summed E-state index contributed by atoms with van der Waals surface area (Å²) in [5.74, 6) is -0.0374. The fourth-order valence-electron chi connectivity index (χ4n) is 9.86. The Morgan fingerprint density at radius 1 is 1.03 bits per heavy atom. The number of aromatic nitrogens is 5. The smallest absolute Gasteiger partial charge is 0.251 e. The van der Waals surface area contributed by atoms with E-state index < -0.39 is 35.4 Å². The molecule has 5 aromatic rings. The molecule has 20 heteroatoms. The first-order chi connectivity index (χ1) is 34.7. The van der Waals surface area contributed by atoms with Gasteiger partial charge in [-0.25, -0.2) is 15.0 Å². The summed E-state index contributed by atoms with van der Waals surface area (Å²) in [5, 5.41) is 32.4. The van der Waals surface area contributed by atoms with E-state index in [1.165, 1.54) is 12.0 Å². The van der Waals surface area contributed by atoms with E-state index in [0.717, 1.165) is 71.0 Å². The Bertz CT molecular complexity index is 2790. The van der Waals surface area contributed by atoms with Crippen LogP contribution >= 0.6 is 11.3 Å². The Kier molecular flexibility index (Phi) is 16.2. The van der Waals surface area contributed by atoms with Gasteiger partial charge in [-0.05, 0) is 73.8 Å². The average molecular weight is 1000 g/mol. The molecule has 4 amide bonds. The van der Waals surface area contributed by atoms with Crippen LogP contribution in [0.3, 0.4) is 0 Å². The van der Waals surface area contributed by atoms with Crippen molar-refractivity contribution in [2.24, 2.45) is 5.41 Å². The number of hydrogen-bond donors (Lipinski definition) is 5. The lowest BCUT2D eigenvalue weighted by Crippen LogP contribution is -2.58. The Morgan fingerprint density at radius 3 is 2.50 bits per heavy atom. The van der Waals surface area contributed by atoms with Crippen LogP contribution in [-0.4, -0.2) is 116 Å². The van der Waals surface area contributed by atoms with Gasteiger partial charge in [-0.2, -0.15) is 10.2 Å². The van der Waals surface area contributed by atoms with E-state index in [1.54, 1.807) is 42.1 Å². The van der Waals surface area contributed by atoms with Crippen LogP contribution in [0.1, 0.15) is 118 Å². The largest absolute Gasteiger partial charge is 0.495 e. The van der Waals surface area contributed by atoms with Crippen LogP contribution < -0.4 is 30.9 Å². The van der Waals surface area contributed by atoms with Gasteiger partial charge in [0.2, 0.25) is 23.7 Å². The fourth-order valence-corrected chi connectivity index (χ4v) is 10.7. The predicted octanol–water partition coefficient (Wildman–Crippen LogP) is 6.27. The molecule has 380 valence electrons. The highest BCUT2D eigenvalue weighted by atomic mass is 32.1. The van der Waals surface area contributed by atoms with Crippen LogP contribution in [0.25, 0.3) is 16.1 Å². The molecule has 8 rings (SSSR count). The number of thiazole rings is 1. The summed E-state index contributed by atoms with van der Waals surface area (Å²) in [5.41, 5.74) is 7.01. The molecule has 72 heavy (non-hydrogen) atoms. The maximum absolute atomic E-state index is 14.0. The van der Waals surface area contributed by atoms with Gasteiger partial charge in [0.1, 0.15) is 42.5 Å². The number of nitrogens with zero attached hydrogens (tertiary/aromatic N) is 8. The maximum Gasteiger partial charge on any atom is 0.251 e. The van der Waals surface area contributed by atoms with Crippen LogP contribution in [-0.2, 0) is 25.7 Å². The average Bonchev–Trinajstić information content (AvgIpc) is 4.22. The lowest BCUT2D eigenvalue weighted by atomic mass is 9.85. The summed E-state index contributed by atoms with van der Waals surface area (Å²) in [6.07, 6.45) is 8.89. The molecule has 0 unspecified atom stereocenters. The zero-order valence-corrected chi connectivity index (χ0v) is 42.6. The highest BCUT2D eigenvalue weighted by molar-refractivity contribution is 7.13. The number of hydrogen-bond acceptors (Lipinski definition) is 15. The molecular weight excluding hydrogens is 937 g/mol. The number of aryl methyl sites for hydroxylation is 1. The molecule has 2 aliphatic heterocycles. The van der Waals surface area contributed by atoms with Crippen LogP contribution in [0.4, 0.5) is 17.5 Å². The first-order valence-electron chi connectivity index (χ1n) is 24.7. The summed E-state index contributed by atoms with van der Waals surface area (Å²) in [4.78, 5) is 77.1. The van der Waals surface area contributed by atoms with Crippen molar-refractivity contribution in [3.63, 3.8) is 0 Å². The third-order valence-corrected chi connectivity index (χ3v) is 14.6. The number of amides is 4. The highest BCUT2D eigenvalue weighted by Crippen LogP contribution is 2.45. The summed E-state index contributed by atoms with van der Waals surface area (Å²) in [7, 11) is 1.53. The van der Waals surface area contributed by atoms with Crippen molar-refractivity contribution in [1.29, 1.82) is 5.26 Å². The van der Waals surface area contributed by atoms with Crippen LogP contribution in [0.2, 0.25) is 0 Å². The second kappa shape index (κ2) is 22.6. The van der Waals surface area contributed by atoms with Crippen molar-refractivity contribution in [3.05, 3.63) is 88.7 Å². The number of unbranched alkanes of at least 4 members (excludes halogenated alkanes) is 1. The number of carbonyl (C=O) groups excluding carboxylic acids is 4. The van der Waals surface area contributed by atoms with Crippen molar-refractivity contribution in [1.82, 2.24) is 45.4 Å². The van der Waals surface area contributed by atoms with Crippen LogP contribution in [0.15, 0.2) is 60.5 Å². The van der Waals surface area contributed by atoms with E-state index in [4.69, 9.17) is 14.5 Å². The molecule has 1 saturated carbocycles. The minimum atomic E-state index is -0.985. The number of methoxy groups -OCH3 is 1. The van der Waals surface area contributed by atoms with E-state index in [1.807, 2.05) is 62.0 Å². The van der Waals surface area contributed by atoms with Crippen molar-refractivity contribution in [2.45, 2.75) is 123 Å². The molecule has 5 heterocycles. The molecule has 0 bridgehead atoms. The monoisotopic (exact) mass is 1000 g/mol. The SMILES string of the molecule is CC[C@@H]1c2c(C#N)ncn2-c2cnc(Nc3ccc(C(=O)NCCCCOCC(=O)N[C@H](C(=O)N4C[C@H](O)C[C@H]4C(=O)NCc4ccc(-c5scnc5C)cc4)C(C)(C)C)cc3OC)nc2N1C1CCCC1. The van der Waals surface area contributed by atoms with Gasteiger partial charge >= 0.3 is 0 Å². The number of fused-ring (bicyclic) bond motifs is 3. The normalized spacial score (nSPS) is 17.9.